The first-order valence-corrected chi connectivity index (χ1v) is 19.2. The maximum absolute atomic E-state index is 14.1. The third-order valence-electron chi connectivity index (χ3n) is 8.29. The molecule has 0 aromatic heterocycles. The summed E-state index contributed by atoms with van der Waals surface area (Å²) < 4.78 is 101. The average Bonchev–Trinajstić information content (AvgIpc) is 3.54. The molecule has 1 aliphatic rings. The summed E-state index contributed by atoms with van der Waals surface area (Å²) in [4.78, 5) is 46.1. The topological polar surface area (TPSA) is 125 Å². The van der Waals surface area contributed by atoms with Gasteiger partial charge in [0.1, 0.15) is 0 Å². The number of rotatable bonds is 5. The molecule has 1 aliphatic heterocycles. The standard InChI is InChI=1S/C20H13Cl2F3O4.C12H7Cl2F3O3.C9H9IO2/c1-10-5-11(3-4-15(10)17(26)28-2)16-9-19(20(23,24)25,29-18(16)27)12-6-13(21)8-14(22)7-12;1-20-10(18)2-3-11(19,12(15,16)17)7-4-8(13)6-9(14)5-7;1-6-5-7(10)3-4-8(6)9(11)12-2/h3-9H,1-2H3;4-6,19H,1H3;3-5H,1-2H3. The summed E-state index contributed by atoms with van der Waals surface area (Å²) in [6, 6.07) is 16.0. The highest BCUT2D eigenvalue weighted by Crippen LogP contribution is 2.50. The first-order valence-electron chi connectivity index (χ1n) is 16.6. The van der Waals surface area contributed by atoms with Gasteiger partial charge in [-0.2, -0.15) is 26.3 Å². The molecule has 5 rings (SSSR count). The molecule has 0 fully saturated rings. The second-order valence-corrected chi connectivity index (χ2v) is 15.4. The Morgan fingerprint density at radius 1 is 0.721 bits per heavy atom. The van der Waals surface area contributed by atoms with E-state index in [1.165, 1.54) is 50.5 Å². The molecule has 2 unspecified atom stereocenters. The molecule has 0 aliphatic carbocycles. The van der Waals surface area contributed by atoms with Crippen LogP contribution >= 0.6 is 69.0 Å². The Morgan fingerprint density at radius 2 is 1.20 bits per heavy atom. The molecule has 324 valence electrons. The number of aliphatic hydroxyl groups is 1. The number of hydrogen-bond donors (Lipinski definition) is 1. The second-order valence-electron chi connectivity index (χ2n) is 12.4. The number of carbonyl (C=O) groups excluding carboxylic acids is 4. The van der Waals surface area contributed by atoms with Crippen molar-refractivity contribution in [3.63, 3.8) is 0 Å². The fourth-order valence-electron chi connectivity index (χ4n) is 5.31. The number of alkyl halides is 6. The molecule has 2 atom stereocenters. The van der Waals surface area contributed by atoms with Crippen molar-refractivity contribution < 1.29 is 69.6 Å². The van der Waals surface area contributed by atoms with E-state index < -0.39 is 52.6 Å². The largest absolute Gasteiger partial charge is 0.465 e. The molecule has 20 heteroatoms. The molecule has 4 aromatic carbocycles. The van der Waals surface area contributed by atoms with Crippen molar-refractivity contribution in [3.05, 3.63) is 141 Å². The SMILES string of the molecule is COC(=O)C#CC(O)(c1cc(Cl)cc(Cl)c1)C(F)(F)F.COC(=O)c1ccc(C2=CC(c3cc(Cl)cc(Cl)c3)(C(F)(F)F)OC2=O)cc1C.COC(=O)c1ccc(I)cc1C. The molecule has 9 nitrogen and oxygen atoms in total. The Morgan fingerprint density at radius 3 is 1.62 bits per heavy atom. The van der Waals surface area contributed by atoms with E-state index in [2.05, 4.69) is 36.8 Å². The minimum atomic E-state index is -5.16. The summed E-state index contributed by atoms with van der Waals surface area (Å²) in [6.07, 6.45) is -9.44. The number of ether oxygens (including phenoxy) is 4. The lowest BCUT2D eigenvalue weighted by Gasteiger charge is -2.29. The number of methoxy groups -OCH3 is 3. The van der Waals surface area contributed by atoms with Gasteiger partial charge in [-0.05, 0) is 126 Å². The number of benzene rings is 4. The van der Waals surface area contributed by atoms with E-state index in [1.54, 1.807) is 18.9 Å². The van der Waals surface area contributed by atoms with Crippen LogP contribution in [0.15, 0.2) is 78.9 Å². The molecular weight excluding hydrogens is 1020 g/mol. The highest BCUT2D eigenvalue weighted by molar-refractivity contribution is 14.1. The van der Waals surface area contributed by atoms with Crippen LogP contribution in [0.1, 0.15) is 48.5 Å². The van der Waals surface area contributed by atoms with Gasteiger partial charge in [-0.15, -0.1) is 0 Å². The van der Waals surface area contributed by atoms with Gasteiger partial charge in [0, 0.05) is 40.7 Å². The number of esters is 4. The minimum Gasteiger partial charge on any atom is -0.465 e. The van der Waals surface area contributed by atoms with Gasteiger partial charge in [-0.25, -0.2) is 19.2 Å². The zero-order valence-corrected chi connectivity index (χ0v) is 37.1. The van der Waals surface area contributed by atoms with Crippen molar-refractivity contribution in [1.82, 2.24) is 0 Å². The second kappa shape index (κ2) is 20.6. The van der Waals surface area contributed by atoms with Gasteiger partial charge in [-0.1, -0.05) is 58.5 Å². The van der Waals surface area contributed by atoms with Crippen molar-refractivity contribution in [1.29, 1.82) is 0 Å². The van der Waals surface area contributed by atoms with Crippen molar-refractivity contribution >= 4 is 98.4 Å². The predicted octanol–water partition coefficient (Wildman–Crippen LogP) is 10.8. The summed E-state index contributed by atoms with van der Waals surface area (Å²) >= 11 is 25.1. The van der Waals surface area contributed by atoms with Gasteiger partial charge in [0.2, 0.25) is 5.60 Å². The minimum absolute atomic E-state index is 0.0349. The smallest absolute Gasteiger partial charge is 0.436 e. The van der Waals surface area contributed by atoms with Crippen molar-refractivity contribution in [2.24, 2.45) is 0 Å². The summed E-state index contributed by atoms with van der Waals surface area (Å²) in [5, 5.41) is 9.49. The van der Waals surface area contributed by atoms with E-state index in [-0.39, 0.29) is 42.8 Å². The molecule has 0 radical (unpaired) electrons. The van der Waals surface area contributed by atoms with Gasteiger partial charge in [0.15, 0.2) is 0 Å². The molecule has 0 spiro atoms. The normalized spacial score (nSPS) is 15.5. The third-order valence-corrected chi connectivity index (χ3v) is 9.84. The van der Waals surface area contributed by atoms with Crippen molar-refractivity contribution in [3.8, 4) is 11.8 Å². The van der Waals surface area contributed by atoms with Crippen molar-refractivity contribution in [2.45, 2.75) is 37.4 Å². The maximum Gasteiger partial charge on any atom is 0.436 e. The lowest BCUT2D eigenvalue weighted by atomic mass is 9.90. The number of cyclic esters (lactones) is 1. The van der Waals surface area contributed by atoms with E-state index in [1.807, 2.05) is 19.1 Å². The fourth-order valence-corrected chi connectivity index (χ4v) is 7.01. The van der Waals surface area contributed by atoms with Gasteiger partial charge in [-0.3, -0.25) is 0 Å². The molecule has 61 heavy (non-hydrogen) atoms. The average molecular weight is 1050 g/mol. The number of aryl methyl sites for hydroxylation is 2. The zero-order valence-electron chi connectivity index (χ0n) is 31.9. The van der Waals surface area contributed by atoms with Crippen LogP contribution in [0.25, 0.3) is 5.57 Å². The van der Waals surface area contributed by atoms with Crippen molar-refractivity contribution in [2.75, 3.05) is 21.3 Å². The van der Waals surface area contributed by atoms with Crippen LogP contribution in [-0.4, -0.2) is 62.7 Å². The Labute approximate surface area is 377 Å². The molecule has 0 amide bonds. The summed E-state index contributed by atoms with van der Waals surface area (Å²) in [6.45, 7) is 3.47. The van der Waals surface area contributed by atoms with Crippen LogP contribution in [0.3, 0.4) is 0 Å². The molecule has 1 heterocycles. The molecule has 0 saturated heterocycles. The van der Waals surface area contributed by atoms with E-state index >= 15 is 0 Å². The Bertz CT molecular complexity index is 2410. The first kappa shape index (κ1) is 50.8. The summed E-state index contributed by atoms with van der Waals surface area (Å²) in [5.41, 5.74) is -5.62. The molecule has 4 aromatic rings. The number of hydrogen-bond acceptors (Lipinski definition) is 9. The Balaban J connectivity index is 0.000000268. The predicted molar refractivity (Wildman–Crippen MR) is 222 cm³/mol. The van der Waals surface area contributed by atoms with Crippen LogP contribution in [0, 0.1) is 29.3 Å². The van der Waals surface area contributed by atoms with E-state index in [0.29, 0.717) is 17.2 Å². The van der Waals surface area contributed by atoms with E-state index in [0.717, 1.165) is 40.5 Å². The van der Waals surface area contributed by atoms with Crippen LogP contribution in [0.2, 0.25) is 20.1 Å². The highest BCUT2D eigenvalue weighted by Gasteiger charge is 2.62. The van der Waals surface area contributed by atoms with Crippen LogP contribution in [0.5, 0.6) is 0 Å². The van der Waals surface area contributed by atoms with Gasteiger partial charge >= 0.3 is 36.2 Å². The zero-order chi connectivity index (χ0) is 46.2. The first-order chi connectivity index (χ1) is 28.2. The lowest BCUT2D eigenvalue weighted by molar-refractivity contribution is -0.250. The highest BCUT2D eigenvalue weighted by atomic mass is 127. The molecule has 0 bridgehead atoms. The van der Waals surface area contributed by atoms with Gasteiger partial charge in [0.05, 0.1) is 38.0 Å². The quantitative estimate of drug-likeness (QED) is 0.0519. The van der Waals surface area contributed by atoms with Gasteiger partial charge in [0.25, 0.3) is 5.60 Å². The molecule has 1 N–H and O–H groups in total. The third kappa shape index (κ3) is 12.3. The lowest BCUT2D eigenvalue weighted by Crippen LogP contribution is -2.41. The van der Waals surface area contributed by atoms with E-state index in [4.69, 9.17) is 51.1 Å². The maximum atomic E-state index is 14.1. The Kier molecular flexibility index (Phi) is 17.1. The van der Waals surface area contributed by atoms with Crippen LogP contribution in [-0.2, 0) is 39.7 Å². The summed E-state index contributed by atoms with van der Waals surface area (Å²) in [7, 11) is 3.54. The van der Waals surface area contributed by atoms with Gasteiger partial charge < -0.3 is 24.1 Å². The monoisotopic (exact) mass is 1050 g/mol. The van der Waals surface area contributed by atoms with Crippen LogP contribution in [0.4, 0.5) is 26.3 Å². The van der Waals surface area contributed by atoms with Crippen LogP contribution < -0.4 is 0 Å². The number of halogens is 11. The fraction of sp³-hybridized carbons (Fsp3) is 0.220. The molecular formula is C41H29Cl4F6IO9. The number of carbonyl (C=O) groups is 4. The Hall–Kier alpha value is -4.51. The summed E-state index contributed by atoms with van der Waals surface area (Å²) in [5.74, 6) is -0.265. The van der Waals surface area contributed by atoms with E-state index in [9.17, 15) is 50.6 Å². The molecule has 0 saturated carbocycles.